The lowest BCUT2D eigenvalue weighted by Crippen LogP contribution is -2.47. The summed E-state index contributed by atoms with van der Waals surface area (Å²) in [5.74, 6) is -0.743. The Balaban J connectivity index is 1.77. The highest BCUT2D eigenvalue weighted by Gasteiger charge is 2.27. The molecule has 8 nitrogen and oxygen atoms in total. The SMILES string of the molecule is COC(=O)c1cnc(N2CCN(c3ccc(F)cc3)CC2)c([N+](=O)[O-])c1. The van der Waals surface area contributed by atoms with E-state index >= 15 is 0 Å². The van der Waals surface area contributed by atoms with Crippen LogP contribution in [0.3, 0.4) is 0 Å². The van der Waals surface area contributed by atoms with Crippen molar-refractivity contribution >= 4 is 23.2 Å². The lowest BCUT2D eigenvalue weighted by atomic mass is 10.2. The average molecular weight is 360 g/mol. The lowest BCUT2D eigenvalue weighted by molar-refractivity contribution is -0.384. The van der Waals surface area contributed by atoms with Crippen LogP contribution in [-0.4, -0.2) is 49.2 Å². The minimum atomic E-state index is -0.673. The van der Waals surface area contributed by atoms with Crippen molar-refractivity contribution in [3.8, 4) is 0 Å². The van der Waals surface area contributed by atoms with Crippen molar-refractivity contribution in [3.05, 3.63) is 58.0 Å². The smallest absolute Gasteiger partial charge is 0.339 e. The van der Waals surface area contributed by atoms with Crippen molar-refractivity contribution in [2.24, 2.45) is 0 Å². The number of anilines is 2. The third-order valence-corrected chi connectivity index (χ3v) is 4.24. The van der Waals surface area contributed by atoms with Gasteiger partial charge < -0.3 is 14.5 Å². The van der Waals surface area contributed by atoms with Crippen molar-refractivity contribution in [2.45, 2.75) is 0 Å². The molecule has 2 aromatic rings. The van der Waals surface area contributed by atoms with Gasteiger partial charge in [-0.05, 0) is 24.3 Å². The first-order valence-corrected chi connectivity index (χ1v) is 7.98. The molecule has 2 heterocycles. The highest BCUT2D eigenvalue weighted by atomic mass is 19.1. The Hall–Kier alpha value is -3.23. The van der Waals surface area contributed by atoms with Crippen LogP contribution in [0.15, 0.2) is 36.5 Å². The molecule has 26 heavy (non-hydrogen) atoms. The van der Waals surface area contributed by atoms with Crippen LogP contribution in [0.5, 0.6) is 0 Å². The van der Waals surface area contributed by atoms with Gasteiger partial charge in [-0.2, -0.15) is 0 Å². The fraction of sp³-hybridized carbons (Fsp3) is 0.294. The van der Waals surface area contributed by atoms with E-state index in [0.717, 1.165) is 5.69 Å². The van der Waals surface area contributed by atoms with E-state index in [2.05, 4.69) is 14.6 Å². The molecule has 1 aromatic heterocycles. The van der Waals surface area contributed by atoms with Gasteiger partial charge in [0.25, 0.3) is 0 Å². The second-order valence-corrected chi connectivity index (χ2v) is 5.77. The number of hydrogen-bond acceptors (Lipinski definition) is 7. The highest BCUT2D eigenvalue weighted by molar-refractivity contribution is 5.90. The first-order valence-electron chi connectivity index (χ1n) is 7.98. The topological polar surface area (TPSA) is 88.8 Å². The molecule has 0 amide bonds. The number of nitro groups is 1. The number of ether oxygens (including phenoxy) is 1. The largest absolute Gasteiger partial charge is 0.465 e. The summed E-state index contributed by atoms with van der Waals surface area (Å²) in [5, 5.41) is 11.4. The van der Waals surface area contributed by atoms with E-state index in [1.165, 1.54) is 31.5 Å². The second kappa shape index (κ2) is 7.34. The number of carbonyl (C=O) groups is 1. The number of esters is 1. The van der Waals surface area contributed by atoms with E-state index in [0.29, 0.717) is 26.2 Å². The molecule has 0 radical (unpaired) electrons. The zero-order valence-electron chi connectivity index (χ0n) is 14.1. The Kier molecular flexibility index (Phi) is 4.97. The summed E-state index contributed by atoms with van der Waals surface area (Å²) in [6, 6.07) is 7.40. The maximum Gasteiger partial charge on any atom is 0.339 e. The molecule has 0 atom stereocenters. The quantitative estimate of drug-likeness (QED) is 0.469. The Morgan fingerprint density at radius 3 is 2.38 bits per heavy atom. The lowest BCUT2D eigenvalue weighted by Gasteiger charge is -2.36. The van der Waals surface area contributed by atoms with E-state index in [9.17, 15) is 19.3 Å². The third kappa shape index (κ3) is 3.56. The van der Waals surface area contributed by atoms with Gasteiger partial charge in [-0.1, -0.05) is 0 Å². The van der Waals surface area contributed by atoms with E-state index in [-0.39, 0.29) is 22.9 Å². The number of methoxy groups -OCH3 is 1. The third-order valence-electron chi connectivity index (χ3n) is 4.24. The molecule has 0 spiro atoms. The van der Waals surface area contributed by atoms with Crippen molar-refractivity contribution in [1.82, 2.24) is 4.98 Å². The Bertz CT molecular complexity index is 820. The van der Waals surface area contributed by atoms with Crippen LogP contribution in [-0.2, 0) is 4.74 Å². The van der Waals surface area contributed by atoms with Gasteiger partial charge in [0.2, 0.25) is 5.82 Å². The van der Waals surface area contributed by atoms with E-state index in [4.69, 9.17) is 0 Å². The van der Waals surface area contributed by atoms with Crippen LogP contribution >= 0.6 is 0 Å². The number of benzene rings is 1. The monoisotopic (exact) mass is 360 g/mol. The van der Waals surface area contributed by atoms with Crippen molar-refractivity contribution < 1.29 is 18.8 Å². The first kappa shape index (κ1) is 17.6. The van der Waals surface area contributed by atoms with Gasteiger partial charge in [-0.25, -0.2) is 14.2 Å². The molecular formula is C17H17FN4O4. The van der Waals surface area contributed by atoms with Crippen molar-refractivity contribution in [2.75, 3.05) is 43.1 Å². The van der Waals surface area contributed by atoms with Crippen LogP contribution in [0.25, 0.3) is 0 Å². The standard InChI is InChI=1S/C17H17FN4O4/c1-26-17(23)12-10-15(22(24)25)16(19-11-12)21-8-6-20(7-9-21)14-4-2-13(18)3-5-14/h2-5,10-11H,6-9H2,1H3. The number of nitrogens with zero attached hydrogens (tertiary/aromatic N) is 4. The van der Waals surface area contributed by atoms with Crippen LogP contribution < -0.4 is 9.80 Å². The number of rotatable bonds is 4. The average Bonchev–Trinajstić information content (AvgIpc) is 2.67. The van der Waals surface area contributed by atoms with Gasteiger partial charge in [0, 0.05) is 44.1 Å². The summed E-state index contributed by atoms with van der Waals surface area (Å²) in [6.07, 6.45) is 1.28. The van der Waals surface area contributed by atoms with Crippen LogP contribution in [0, 0.1) is 15.9 Å². The first-order chi connectivity index (χ1) is 12.5. The Morgan fingerprint density at radius 2 is 1.81 bits per heavy atom. The van der Waals surface area contributed by atoms with Crippen LogP contribution in [0.2, 0.25) is 0 Å². The predicted octanol–water partition coefficient (Wildman–Crippen LogP) is 2.24. The summed E-state index contributed by atoms with van der Waals surface area (Å²) in [6.45, 7) is 2.26. The zero-order chi connectivity index (χ0) is 18.7. The molecule has 1 aliphatic heterocycles. The minimum Gasteiger partial charge on any atom is -0.465 e. The van der Waals surface area contributed by atoms with Gasteiger partial charge in [-0.3, -0.25) is 10.1 Å². The molecule has 136 valence electrons. The molecule has 0 unspecified atom stereocenters. The molecule has 0 saturated carbocycles. The molecule has 0 bridgehead atoms. The molecule has 0 aliphatic carbocycles. The summed E-state index contributed by atoms with van der Waals surface area (Å²) in [5.41, 5.74) is 0.700. The molecule has 1 saturated heterocycles. The van der Waals surface area contributed by atoms with E-state index < -0.39 is 10.9 Å². The number of aromatic nitrogens is 1. The van der Waals surface area contributed by atoms with Crippen molar-refractivity contribution in [3.63, 3.8) is 0 Å². The van der Waals surface area contributed by atoms with Crippen LogP contribution in [0.1, 0.15) is 10.4 Å². The van der Waals surface area contributed by atoms with Crippen LogP contribution in [0.4, 0.5) is 21.6 Å². The summed E-state index contributed by atoms with van der Waals surface area (Å²) >= 11 is 0. The summed E-state index contributed by atoms with van der Waals surface area (Å²) < 4.78 is 17.6. The van der Waals surface area contributed by atoms with Gasteiger partial charge >= 0.3 is 11.7 Å². The minimum absolute atomic E-state index is 0.0351. The summed E-state index contributed by atoms with van der Waals surface area (Å²) in [7, 11) is 1.21. The highest BCUT2D eigenvalue weighted by Crippen LogP contribution is 2.28. The maximum atomic E-state index is 13.0. The van der Waals surface area contributed by atoms with E-state index in [1.807, 2.05) is 0 Å². The molecular weight excluding hydrogens is 343 g/mol. The fourth-order valence-corrected chi connectivity index (χ4v) is 2.88. The molecule has 0 N–H and O–H groups in total. The Labute approximate surface area is 149 Å². The molecule has 1 aromatic carbocycles. The van der Waals surface area contributed by atoms with Gasteiger partial charge in [-0.15, -0.1) is 0 Å². The van der Waals surface area contributed by atoms with E-state index in [1.54, 1.807) is 17.0 Å². The number of halogens is 1. The van der Waals surface area contributed by atoms with Gasteiger partial charge in [0.15, 0.2) is 0 Å². The fourth-order valence-electron chi connectivity index (χ4n) is 2.88. The number of pyridine rings is 1. The molecule has 1 fully saturated rings. The number of hydrogen-bond donors (Lipinski definition) is 0. The predicted molar refractivity (Wildman–Crippen MR) is 93.1 cm³/mol. The second-order valence-electron chi connectivity index (χ2n) is 5.77. The molecule has 1 aliphatic rings. The van der Waals surface area contributed by atoms with Gasteiger partial charge in [0.1, 0.15) is 5.82 Å². The normalized spacial score (nSPS) is 14.2. The summed E-state index contributed by atoms with van der Waals surface area (Å²) in [4.78, 5) is 30.4. The zero-order valence-corrected chi connectivity index (χ0v) is 14.1. The number of piperazine rings is 1. The maximum absolute atomic E-state index is 13.0. The van der Waals surface area contributed by atoms with Crippen molar-refractivity contribution in [1.29, 1.82) is 0 Å². The number of carbonyl (C=O) groups excluding carboxylic acids is 1. The Morgan fingerprint density at radius 1 is 1.19 bits per heavy atom. The molecule has 3 rings (SSSR count). The molecule has 9 heteroatoms. The van der Waals surface area contributed by atoms with Gasteiger partial charge in [0.05, 0.1) is 17.6 Å².